The fourth-order valence-corrected chi connectivity index (χ4v) is 4.83. The monoisotopic (exact) mass is 416 g/mol. The highest BCUT2D eigenvalue weighted by molar-refractivity contribution is 8.00. The van der Waals surface area contributed by atoms with Gasteiger partial charge in [-0.3, -0.25) is 4.98 Å². The minimum atomic E-state index is -1.24. The van der Waals surface area contributed by atoms with E-state index in [1.165, 1.54) is 17.5 Å². The Balaban J connectivity index is 1.46. The van der Waals surface area contributed by atoms with Crippen LogP contribution in [0.2, 0.25) is 0 Å². The number of halogens is 1. The predicted octanol–water partition coefficient (Wildman–Crippen LogP) is 4.76. The van der Waals surface area contributed by atoms with E-state index in [9.17, 15) is 4.39 Å². The van der Waals surface area contributed by atoms with Crippen molar-refractivity contribution >= 4 is 17.6 Å². The summed E-state index contributed by atoms with van der Waals surface area (Å²) in [6.07, 6.45) is 6.73. The molecule has 156 valence electrons. The van der Waals surface area contributed by atoms with Gasteiger partial charge in [0.05, 0.1) is 12.8 Å². The number of alkyl halides is 1. The lowest BCUT2D eigenvalue weighted by Gasteiger charge is -2.18. The highest BCUT2D eigenvalue weighted by Gasteiger charge is 2.36. The van der Waals surface area contributed by atoms with Gasteiger partial charge in [-0.25, -0.2) is 9.37 Å². The Bertz CT molecular complexity index is 839. The Morgan fingerprint density at radius 2 is 2.03 bits per heavy atom. The van der Waals surface area contributed by atoms with Crippen LogP contribution in [0.4, 0.5) is 10.1 Å². The fraction of sp³-hybridized carbons (Fsp3) is 0.545. The van der Waals surface area contributed by atoms with Gasteiger partial charge in [0.1, 0.15) is 5.69 Å². The van der Waals surface area contributed by atoms with Crippen molar-refractivity contribution < 1.29 is 9.13 Å². The molecule has 0 atom stereocenters. The number of nitrogens with one attached hydrogen (secondary N) is 1. The van der Waals surface area contributed by atoms with E-state index in [2.05, 4.69) is 27.6 Å². The lowest BCUT2D eigenvalue weighted by atomic mass is 10.00. The predicted molar refractivity (Wildman–Crippen MR) is 115 cm³/mol. The highest BCUT2D eigenvalue weighted by Crippen LogP contribution is 2.41. The SMILES string of the molecule is CCN1CCc2cc(NSc3ccc(C4(F)CCCC4)nc3)c(OC)nc2CC1. The van der Waals surface area contributed by atoms with E-state index in [0.29, 0.717) is 24.4 Å². The molecular formula is C22H29FN4OS. The number of rotatable bonds is 6. The van der Waals surface area contributed by atoms with Gasteiger partial charge in [0.15, 0.2) is 5.67 Å². The number of nitrogens with zero attached hydrogens (tertiary/aromatic N) is 3. The van der Waals surface area contributed by atoms with Crippen molar-refractivity contribution in [1.29, 1.82) is 0 Å². The van der Waals surface area contributed by atoms with Crippen LogP contribution in [0.15, 0.2) is 29.3 Å². The molecule has 1 aliphatic carbocycles. The molecule has 0 radical (unpaired) electrons. The van der Waals surface area contributed by atoms with Gasteiger partial charge in [-0.2, -0.15) is 0 Å². The molecule has 7 heteroatoms. The van der Waals surface area contributed by atoms with Crippen LogP contribution < -0.4 is 9.46 Å². The zero-order valence-electron chi connectivity index (χ0n) is 17.2. The highest BCUT2D eigenvalue weighted by atomic mass is 32.2. The summed E-state index contributed by atoms with van der Waals surface area (Å²) in [5, 5.41) is 0. The van der Waals surface area contributed by atoms with E-state index in [0.717, 1.165) is 61.6 Å². The van der Waals surface area contributed by atoms with E-state index in [-0.39, 0.29) is 0 Å². The molecule has 2 aromatic rings. The summed E-state index contributed by atoms with van der Waals surface area (Å²) in [4.78, 5) is 12.5. The first-order valence-corrected chi connectivity index (χ1v) is 11.3. The van der Waals surface area contributed by atoms with Crippen LogP contribution in [-0.2, 0) is 18.5 Å². The van der Waals surface area contributed by atoms with Crippen LogP contribution in [0, 0.1) is 0 Å². The van der Waals surface area contributed by atoms with Crippen LogP contribution in [0.25, 0.3) is 0 Å². The summed E-state index contributed by atoms with van der Waals surface area (Å²) in [6.45, 7) is 5.36. The number of aromatic nitrogens is 2. The molecule has 0 amide bonds. The van der Waals surface area contributed by atoms with Crippen molar-refractivity contribution in [1.82, 2.24) is 14.9 Å². The van der Waals surface area contributed by atoms with Gasteiger partial charge >= 0.3 is 0 Å². The maximum Gasteiger partial charge on any atom is 0.238 e. The van der Waals surface area contributed by atoms with Gasteiger partial charge < -0.3 is 14.4 Å². The van der Waals surface area contributed by atoms with Crippen molar-refractivity contribution in [2.45, 2.75) is 56.0 Å². The first-order valence-electron chi connectivity index (χ1n) is 10.5. The molecule has 1 saturated carbocycles. The Kier molecular flexibility index (Phi) is 6.25. The van der Waals surface area contributed by atoms with E-state index in [1.54, 1.807) is 13.3 Å². The van der Waals surface area contributed by atoms with Crippen molar-refractivity contribution in [3.8, 4) is 5.88 Å². The lowest BCUT2D eigenvalue weighted by Crippen LogP contribution is -2.25. The molecular weight excluding hydrogens is 387 g/mol. The van der Waals surface area contributed by atoms with Crippen molar-refractivity contribution in [2.24, 2.45) is 0 Å². The second kappa shape index (κ2) is 8.88. The van der Waals surface area contributed by atoms with Crippen molar-refractivity contribution in [2.75, 3.05) is 31.5 Å². The van der Waals surface area contributed by atoms with E-state index in [1.807, 2.05) is 12.1 Å². The Hall–Kier alpha value is -1.86. The zero-order valence-corrected chi connectivity index (χ0v) is 18.0. The third-order valence-electron chi connectivity index (χ3n) is 6.03. The van der Waals surface area contributed by atoms with Gasteiger partial charge in [-0.05, 0) is 74.4 Å². The van der Waals surface area contributed by atoms with Crippen molar-refractivity contribution in [3.05, 3.63) is 41.3 Å². The van der Waals surface area contributed by atoms with Gasteiger partial charge in [0.2, 0.25) is 5.88 Å². The summed E-state index contributed by atoms with van der Waals surface area (Å²) in [5.41, 5.74) is 2.59. The van der Waals surface area contributed by atoms with Crippen LogP contribution in [0.1, 0.15) is 49.6 Å². The minimum Gasteiger partial charge on any atom is -0.479 e. The first-order chi connectivity index (χ1) is 14.1. The number of pyridine rings is 2. The maximum absolute atomic E-state index is 14.9. The summed E-state index contributed by atoms with van der Waals surface area (Å²) in [5.74, 6) is 0.611. The molecule has 0 aromatic carbocycles. The number of hydrogen-bond acceptors (Lipinski definition) is 6. The van der Waals surface area contributed by atoms with Gasteiger partial charge in [0, 0.05) is 36.3 Å². The number of likely N-dealkylation sites (N-methyl/N-ethyl adjacent to an activating group) is 1. The second-order valence-electron chi connectivity index (χ2n) is 7.84. The Morgan fingerprint density at radius 3 is 2.72 bits per heavy atom. The third-order valence-corrected chi connectivity index (χ3v) is 6.83. The first kappa shape index (κ1) is 20.4. The van der Waals surface area contributed by atoms with Crippen molar-refractivity contribution in [3.63, 3.8) is 0 Å². The molecule has 0 saturated heterocycles. The Labute approximate surface area is 176 Å². The molecule has 3 heterocycles. The van der Waals surface area contributed by atoms with Gasteiger partial charge in [-0.1, -0.05) is 6.92 Å². The normalized spacial score (nSPS) is 18.9. The number of fused-ring (bicyclic) bond motifs is 1. The van der Waals surface area contributed by atoms with E-state index in [4.69, 9.17) is 9.72 Å². The van der Waals surface area contributed by atoms with Crippen LogP contribution in [0.5, 0.6) is 5.88 Å². The quantitative estimate of drug-likeness (QED) is 0.685. The molecule has 4 rings (SSSR count). The standard InChI is InChI=1S/C22H29FN4OS/c1-3-27-12-8-16-14-19(21(28-2)25-18(16)9-13-27)26-29-17-6-7-20(24-15-17)22(23)10-4-5-11-22/h6-7,14-15,26H,3-5,8-13H2,1-2H3. The average Bonchev–Trinajstić information content (AvgIpc) is 3.10. The molecule has 5 nitrogen and oxygen atoms in total. The van der Waals surface area contributed by atoms with E-state index >= 15 is 0 Å². The van der Waals surface area contributed by atoms with Gasteiger partial charge in [-0.15, -0.1) is 0 Å². The third kappa shape index (κ3) is 4.51. The molecule has 1 fully saturated rings. The molecule has 0 unspecified atom stereocenters. The smallest absolute Gasteiger partial charge is 0.238 e. The minimum absolute atomic E-state index is 0.559. The average molecular weight is 417 g/mol. The van der Waals surface area contributed by atoms with Crippen LogP contribution in [0.3, 0.4) is 0 Å². The molecule has 0 bridgehead atoms. The molecule has 1 N–H and O–H groups in total. The molecule has 2 aromatic heterocycles. The van der Waals surface area contributed by atoms with E-state index < -0.39 is 5.67 Å². The summed E-state index contributed by atoms with van der Waals surface area (Å²) in [6, 6.07) is 5.91. The Morgan fingerprint density at radius 1 is 1.24 bits per heavy atom. The molecule has 2 aliphatic rings. The van der Waals surface area contributed by atoms with Crippen LogP contribution in [-0.4, -0.2) is 41.6 Å². The second-order valence-corrected chi connectivity index (χ2v) is 8.72. The number of methoxy groups -OCH3 is 1. The molecule has 0 spiro atoms. The summed E-state index contributed by atoms with van der Waals surface area (Å²) >= 11 is 1.45. The summed E-state index contributed by atoms with van der Waals surface area (Å²) < 4.78 is 23.7. The molecule has 29 heavy (non-hydrogen) atoms. The topological polar surface area (TPSA) is 50.3 Å². The number of ether oxygens (including phenoxy) is 1. The lowest BCUT2D eigenvalue weighted by molar-refractivity contribution is 0.168. The zero-order chi connectivity index (χ0) is 20.3. The van der Waals surface area contributed by atoms with Gasteiger partial charge in [0.25, 0.3) is 0 Å². The van der Waals surface area contributed by atoms with Crippen LogP contribution >= 0.6 is 11.9 Å². The number of anilines is 1. The molecule has 1 aliphatic heterocycles. The maximum atomic E-state index is 14.9. The largest absolute Gasteiger partial charge is 0.479 e. The summed E-state index contributed by atoms with van der Waals surface area (Å²) in [7, 11) is 1.65. The fourth-order valence-electron chi connectivity index (χ4n) is 4.22. The number of hydrogen-bond donors (Lipinski definition) is 1.